The van der Waals surface area contributed by atoms with E-state index in [0.717, 1.165) is 51.4 Å². The first-order valence-electron chi connectivity index (χ1n) is 21.8. The number of aliphatic hydroxyl groups excluding tert-OH is 3. The van der Waals surface area contributed by atoms with Crippen molar-refractivity contribution < 1.29 is 56.8 Å². The van der Waals surface area contributed by atoms with Gasteiger partial charge in [0.05, 0.1) is 6.61 Å². The Labute approximate surface area is 349 Å². The molecule has 4 N–H and O–H groups in total. The number of allylic oxidation sites excluding steroid dienone is 10. The lowest BCUT2D eigenvalue weighted by Crippen LogP contribution is -2.60. The Balaban J connectivity index is 2.52. The van der Waals surface area contributed by atoms with Gasteiger partial charge in [-0.3, -0.25) is 14.1 Å². The number of aliphatic hydroxyl groups is 3. The number of esters is 2. The van der Waals surface area contributed by atoms with Gasteiger partial charge in [-0.05, 0) is 51.4 Å². The number of hydrogen-bond donors (Lipinski definition) is 4. The van der Waals surface area contributed by atoms with Crippen molar-refractivity contribution in [2.75, 3.05) is 19.0 Å². The number of hydrogen-bond acceptors (Lipinski definition) is 11. The minimum Gasteiger partial charge on any atom is -0.462 e. The molecule has 1 aliphatic heterocycles. The van der Waals surface area contributed by atoms with E-state index in [1.165, 1.54) is 57.8 Å². The molecular weight excluding hydrogens is 765 g/mol. The zero-order valence-corrected chi connectivity index (χ0v) is 36.2. The highest BCUT2D eigenvalue weighted by Crippen LogP contribution is 2.24. The van der Waals surface area contributed by atoms with E-state index >= 15 is 0 Å². The molecule has 0 spiro atoms. The molecule has 1 rings (SSSR count). The first kappa shape index (κ1) is 53.4. The second kappa shape index (κ2) is 35.1. The number of ether oxygens (including phenoxy) is 4. The smallest absolute Gasteiger partial charge is 0.306 e. The minimum absolute atomic E-state index is 0.0849. The average Bonchev–Trinajstić information content (AvgIpc) is 3.18. The highest BCUT2D eigenvalue weighted by molar-refractivity contribution is 7.85. The predicted octanol–water partition coefficient (Wildman–Crippen LogP) is 8.56. The fourth-order valence-electron chi connectivity index (χ4n) is 6.24. The van der Waals surface area contributed by atoms with E-state index in [2.05, 4.69) is 62.5 Å². The van der Waals surface area contributed by atoms with Crippen LogP contribution in [0.5, 0.6) is 0 Å². The number of carbonyl (C=O) groups is 2. The monoisotopic (exact) mass is 841 g/mol. The van der Waals surface area contributed by atoms with E-state index in [4.69, 9.17) is 18.9 Å². The van der Waals surface area contributed by atoms with Crippen LogP contribution >= 0.6 is 0 Å². The molecule has 1 aliphatic rings. The standard InChI is InChI=1S/C45H76O12S/c1-3-5-7-9-11-13-15-17-18-19-20-22-24-26-28-30-32-34-41(47)56-38(36-55-45-44(50)43(49)42(48)39(57-45)37-58(51,52)53)35-54-40(46)33-31-29-27-25-23-21-16-14-12-10-8-6-4-2/h5,7,11,13,17-18,20,22,26,28,38-39,42-45,48-50H,3-4,6,8-10,12,14-16,19,21,23-25,27,29-37H2,1-2H3,(H,51,52,53)/b7-5+,13-11+,18-17+,22-20+,28-26+/t38-,39-,42-,43?,44?,45+/m1/s1. The Morgan fingerprint density at radius 1 is 0.603 bits per heavy atom. The molecule has 0 aromatic rings. The molecular formula is C45H76O12S. The molecule has 0 bridgehead atoms. The maximum atomic E-state index is 12.8. The third kappa shape index (κ3) is 29.5. The molecule has 0 aliphatic carbocycles. The van der Waals surface area contributed by atoms with Crippen molar-refractivity contribution in [1.29, 1.82) is 0 Å². The van der Waals surface area contributed by atoms with Crippen LogP contribution in [0, 0.1) is 0 Å². The largest absolute Gasteiger partial charge is 0.462 e. The summed E-state index contributed by atoms with van der Waals surface area (Å²) in [5, 5.41) is 30.8. The molecule has 2 unspecified atom stereocenters. The van der Waals surface area contributed by atoms with Crippen molar-refractivity contribution in [2.24, 2.45) is 0 Å². The Morgan fingerprint density at radius 3 is 1.60 bits per heavy atom. The molecule has 334 valence electrons. The van der Waals surface area contributed by atoms with E-state index in [9.17, 15) is 37.9 Å². The first-order chi connectivity index (χ1) is 28.0. The van der Waals surface area contributed by atoms with Crippen molar-refractivity contribution >= 4 is 22.1 Å². The average molecular weight is 841 g/mol. The maximum absolute atomic E-state index is 12.8. The lowest BCUT2D eigenvalue weighted by molar-refractivity contribution is -0.297. The summed E-state index contributed by atoms with van der Waals surface area (Å²) in [5.74, 6) is -2.06. The van der Waals surface area contributed by atoms with Gasteiger partial charge in [0.2, 0.25) is 0 Å². The van der Waals surface area contributed by atoms with Gasteiger partial charge in [-0.15, -0.1) is 0 Å². The number of unbranched alkanes of at least 4 members (excludes halogenated alkanes) is 13. The maximum Gasteiger partial charge on any atom is 0.306 e. The Morgan fingerprint density at radius 2 is 1.09 bits per heavy atom. The van der Waals surface area contributed by atoms with Gasteiger partial charge in [-0.25, -0.2) is 0 Å². The van der Waals surface area contributed by atoms with Crippen molar-refractivity contribution in [2.45, 2.75) is 192 Å². The highest BCUT2D eigenvalue weighted by atomic mass is 32.2. The molecule has 0 amide bonds. The summed E-state index contributed by atoms with van der Waals surface area (Å²) in [6, 6.07) is 0. The predicted molar refractivity (Wildman–Crippen MR) is 229 cm³/mol. The summed E-state index contributed by atoms with van der Waals surface area (Å²) in [7, 11) is -4.61. The topological polar surface area (TPSA) is 186 Å². The van der Waals surface area contributed by atoms with Crippen LogP contribution in [-0.2, 0) is 38.7 Å². The van der Waals surface area contributed by atoms with Crippen molar-refractivity contribution in [3.8, 4) is 0 Å². The van der Waals surface area contributed by atoms with E-state index in [1.54, 1.807) is 0 Å². The van der Waals surface area contributed by atoms with E-state index in [0.29, 0.717) is 19.3 Å². The summed E-state index contributed by atoms with van der Waals surface area (Å²) in [6.07, 6.45) is 32.7. The lowest BCUT2D eigenvalue weighted by atomic mass is 10.00. The van der Waals surface area contributed by atoms with Crippen molar-refractivity contribution in [1.82, 2.24) is 0 Å². The van der Waals surface area contributed by atoms with E-state index in [-0.39, 0.29) is 19.4 Å². The second-order valence-corrected chi connectivity index (χ2v) is 16.5. The van der Waals surface area contributed by atoms with Gasteiger partial charge in [0.25, 0.3) is 10.1 Å². The van der Waals surface area contributed by atoms with Crippen LogP contribution in [0.3, 0.4) is 0 Å². The van der Waals surface area contributed by atoms with Crippen molar-refractivity contribution in [3.05, 3.63) is 60.8 Å². The molecule has 1 fully saturated rings. The van der Waals surface area contributed by atoms with Crippen LogP contribution in [-0.4, -0.2) is 96.0 Å². The van der Waals surface area contributed by atoms with Gasteiger partial charge < -0.3 is 34.3 Å². The molecule has 58 heavy (non-hydrogen) atoms. The Kier molecular flexibility index (Phi) is 32.3. The lowest BCUT2D eigenvalue weighted by Gasteiger charge is -2.40. The van der Waals surface area contributed by atoms with Crippen LogP contribution < -0.4 is 0 Å². The van der Waals surface area contributed by atoms with Gasteiger partial charge in [0.1, 0.15) is 36.8 Å². The second-order valence-electron chi connectivity index (χ2n) is 15.0. The SMILES string of the molecule is CC/C=C/C/C=C/C/C=C/C/C=C/C/C=C/CCCC(=O)O[C@H](COC(=O)CCCCCCCCCCCCCCC)CO[C@H]1O[C@H](CS(=O)(=O)O)[C@@H](O)C(O)C1O. The summed E-state index contributed by atoms with van der Waals surface area (Å²) in [4.78, 5) is 25.3. The molecule has 0 saturated carbocycles. The van der Waals surface area contributed by atoms with Crippen LogP contribution in [0.1, 0.15) is 155 Å². The molecule has 13 heteroatoms. The fourth-order valence-corrected chi connectivity index (χ4v) is 6.93. The quantitative estimate of drug-likeness (QED) is 0.0207. The third-order valence-electron chi connectivity index (χ3n) is 9.61. The zero-order chi connectivity index (χ0) is 42.7. The highest BCUT2D eigenvalue weighted by Gasteiger charge is 2.46. The Hall–Kier alpha value is -2.65. The van der Waals surface area contributed by atoms with Crippen LogP contribution in [0.4, 0.5) is 0 Å². The minimum atomic E-state index is -4.61. The van der Waals surface area contributed by atoms with Crippen molar-refractivity contribution in [3.63, 3.8) is 0 Å². The van der Waals surface area contributed by atoms with E-state index < -0.39 is 71.2 Å². The third-order valence-corrected chi connectivity index (χ3v) is 10.4. The molecule has 6 atom stereocenters. The van der Waals surface area contributed by atoms with Crippen LogP contribution in [0.25, 0.3) is 0 Å². The van der Waals surface area contributed by atoms with Gasteiger partial charge in [0.15, 0.2) is 12.4 Å². The molecule has 0 aromatic carbocycles. The van der Waals surface area contributed by atoms with Gasteiger partial charge in [-0.2, -0.15) is 8.42 Å². The van der Waals surface area contributed by atoms with Gasteiger partial charge >= 0.3 is 11.9 Å². The molecule has 0 aromatic heterocycles. The number of rotatable bonds is 35. The molecule has 0 radical (unpaired) electrons. The normalized spacial score (nSPS) is 21.0. The fraction of sp³-hybridized carbons (Fsp3) is 0.733. The van der Waals surface area contributed by atoms with Gasteiger partial charge in [0, 0.05) is 12.8 Å². The van der Waals surface area contributed by atoms with Crippen LogP contribution in [0.2, 0.25) is 0 Å². The van der Waals surface area contributed by atoms with Crippen LogP contribution in [0.15, 0.2) is 60.8 Å². The van der Waals surface area contributed by atoms with E-state index in [1.807, 2.05) is 12.2 Å². The summed E-state index contributed by atoms with van der Waals surface area (Å²) in [6.45, 7) is 3.58. The summed E-state index contributed by atoms with van der Waals surface area (Å²) >= 11 is 0. The van der Waals surface area contributed by atoms with Gasteiger partial charge in [-0.1, -0.05) is 152 Å². The molecule has 1 heterocycles. The summed E-state index contributed by atoms with van der Waals surface area (Å²) in [5.41, 5.74) is 0. The zero-order valence-electron chi connectivity index (χ0n) is 35.4. The molecule has 1 saturated heterocycles. The molecule has 12 nitrogen and oxygen atoms in total. The Bertz CT molecular complexity index is 1310. The first-order valence-corrected chi connectivity index (χ1v) is 23.5. The number of carbonyl (C=O) groups excluding carboxylic acids is 2. The summed E-state index contributed by atoms with van der Waals surface area (Å²) < 4.78 is 53.9.